The zero-order chi connectivity index (χ0) is 10.2. The van der Waals surface area contributed by atoms with E-state index in [-0.39, 0.29) is 0 Å². The van der Waals surface area contributed by atoms with Gasteiger partial charge in [-0.2, -0.15) is 11.8 Å². The van der Waals surface area contributed by atoms with E-state index in [0.29, 0.717) is 6.04 Å². The van der Waals surface area contributed by atoms with E-state index in [1.165, 1.54) is 25.7 Å². The van der Waals surface area contributed by atoms with Crippen molar-refractivity contribution < 1.29 is 0 Å². The molecule has 2 nitrogen and oxygen atoms in total. The molecule has 0 spiro atoms. The smallest absolute Gasteiger partial charge is 0.0410 e. The molecule has 80 valence electrons. The quantitative estimate of drug-likeness (QED) is 0.415. The monoisotopic (exact) mass is 212 g/mol. The molecule has 0 aromatic rings. The lowest BCUT2D eigenvalue weighted by Gasteiger charge is -2.15. The minimum atomic E-state index is 0.355. The Labute approximate surface area is 91.4 Å². The fraction of sp³-hybridized carbons (Fsp3) is 0.818. The van der Waals surface area contributed by atoms with Gasteiger partial charge in [0.15, 0.2) is 0 Å². The van der Waals surface area contributed by atoms with Crippen LogP contribution in [0.4, 0.5) is 0 Å². The zero-order valence-corrected chi connectivity index (χ0v) is 9.70. The van der Waals surface area contributed by atoms with E-state index < -0.39 is 0 Å². The van der Waals surface area contributed by atoms with Crippen LogP contribution in [0.2, 0.25) is 0 Å². The molecule has 0 aromatic carbocycles. The van der Waals surface area contributed by atoms with Crippen molar-refractivity contribution >= 4 is 11.8 Å². The lowest BCUT2D eigenvalue weighted by molar-refractivity contribution is 0.590. The fourth-order valence-electron chi connectivity index (χ4n) is 1.70. The van der Waals surface area contributed by atoms with Gasteiger partial charge in [0.05, 0.1) is 0 Å². The first-order chi connectivity index (χ1) is 6.86. The topological polar surface area (TPSA) is 38.0 Å². The summed E-state index contributed by atoms with van der Waals surface area (Å²) in [5.41, 5.74) is 2.84. The van der Waals surface area contributed by atoms with Gasteiger partial charge in [0.25, 0.3) is 0 Å². The standard InChI is InChI=1S/C11H20N2S/c1-2-3-6-10(13-12)9-14-11-7-4-5-8-11/h10-11,13H,4-9,12H2,1H3. The van der Waals surface area contributed by atoms with E-state index in [2.05, 4.69) is 29.0 Å². The summed E-state index contributed by atoms with van der Waals surface area (Å²) in [4.78, 5) is 0. The maximum Gasteiger partial charge on any atom is 0.0410 e. The SMILES string of the molecule is CC#CCC(CSC1CCCC1)NN. The van der Waals surface area contributed by atoms with Crippen LogP contribution < -0.4 is 11.3 Å². The summed E-state index contributed by atoms with van der Waals surface area (Å²) < 4.78 is 0. The molecule has 1 rings (SSSR count). The summed E-state index contributed by atoms with van der Waals surface area (Å²) in [6, 6.07) is 0.355. The van der Waals surface area contributed by atoms with Gasteiger partial charge >= 0.3 is 0 Å². The Morgan fingerprint density at radius 2 is 2.21 bits per heavy atom. The van der Waals surface area contributed by atoms with Gasteiger partial charge in [-0.1, -0.05) is 12.8 Å². The molecule has 0 radical (unpaired) electrons. The molecule has 1 fully saturated rings. The van der Waals surface area contributed by atoms with E-state index in [9.17, 15) is 0 Å². The molecule has 14 heavy (non-hydrogen) atoms. The molecule has 1 unspecified atom stereocenters. The Morgan fingerprint density at radius 3 is 2.79 bits per heavy atom. The van der Waals surface area contributed by atoms with Crippen molar-refractivity contribution in [3.05, 3.63) is 0 Å². The summed E-state index contributed by atoms with van der Waals surface area (Å²) in [7, 11) is 0. The fourth-order valence-corrected chi connectivity index (χ4v) is 3.08. The highest BCUT2D eigenvalue weighted by Gasteiger charge is 2.16. The molecule has 0 bridgehead atoms. The predicted octanol–water partition coefficient (Wildman–Crippen LogP) is 1.91. The van der Waals surface area contributed by atoms with Gasteiger partial charge in [-0.05, 0) is 19.8 Å². The number of hydrogen-bond acceptors (Lipinski definition) is 3. The van der Waals surface area contributed by atoms with Gasteiger partial charge in [-0.25, -0.2) is 0 Å². The summed E-state index contributed by atoms with van der Waals surface area (Å²) in [5, 5.41) is 0.875. The van der Waals surface area contributed by atoms with Crippen LogP contribution in [0.1, 0.15) is 39.0 Å². The van der Waals surface area contributed by atoms with Gasteiger partial charge in [-0.3, -0.25) is 11.3 Å². The second-order valence-electron chi connectivity index (χ2n) is 3.73. The van der Waals surface area contributed by atoms with Gasteiger partial charge in [0.1, 0.15) is 0 Å². The first kappa shape index (κ1) is 11.9. The van der Waals surface area contributed by atoms with Gasteiger partial charge in [0, 0.05) is 23.5 Å². The number of rotatable bonds is 5. The third-order valence-electron chi connectivity index (χ3n) is 2.60. The number of nitrogens with two attached hydrogens (primary N) is 1. The molecule has 0 aliphatic heterocycles. The molecule has 1 atom stereocenters. The van der Waals surface area contributed by atoms with Crippen LogP contribution in [0.5, 0.6) is 0 Å². The molecule has 0 amide bonds. The minimum absolute atomic E-state index is 0.355. The van der Waals surface area contributed by atoms with Crippen molar-refractivity contribution in [2.24, 2.45) is 5.84 Å². The second-order valence-corrected chi connectivity index (χ2v) is 5.07. The third-order valence-corrected chi connectivity index (χ3v) is 4.13. The second kappa shape index (κ2) is 7.17. The summed E-state index contributed by atoms with van der Waals surface area (Å²) in [6.07, 6.45) is 6.47. The molecule has 3 heteroatoms. The normalized spacial score (nSPS) is 19.0. The molecule has 0 saturated heterocycles. The van der Waals surface area contributed by atoms with Crippen molar-refractivity contribution in [1.82, 2.24) is 5.43 Å². The van der Waals surface area contributed by atoms with Crippen molar-refractivity contribution in [1.29, 1.82) is 0 Å². The highest BCUT2D eigenvalue weighted by atomic mass is 32.2. The van der Waals surface area contributed by atoms with Crippen molar-refractivity contribution in [3.63, 3.8) is 0 Å². The van der Waals surface area contributed by atoms with Crippen molar-refractivity contribution in [2.45, 2.75) is 50.3 Å². The van der Waals surface area contributed by atoms with E-state index in [1.807, 2.05) is 6.92 Å². The van der Waals surface area contributed by atoms with E-state index >= 15 is 0 Å². The lowest BCUT2D eigenvalue weighted by atomic mass is 10.2. The Balaban J connectivity index is 2.14. The van der Waals surface area contributed by atoms with Crippen LogP contribution in [0.25, 0.3) is 0 Å². The molecule has 1 saturated carbocycles. The largest absolute Gasteiger partial charge is 0.271 e. The van der Waals surface area contributed by atoms with Crippen LogP contribution in [0, 0.1) is 11.8 Å². The van der Waals surface area contributed by atoms with E-state index in [1.54, 1.807) is 0 Å². The van der Waals surface area contributed by atoms with Crippen LogP contribution in [0.3, 0.4) is 0 Å². The average Bonchev–Trinajstić information content (AvgIpc) is 2.71. The Hall–Kier alpha value is -0.170. The third kappa shape index (κ3) is 4.36. The Morgan fingerprint density at radius 1 is 1.50 bits per heavy atom. The first-order valence-corrected chi connectivity index (χ1v) is 6.39. The molecular formula is C11H20N2S. The van der Waals surface area contributed by atoms with Crippen LogP contribution in [-0.4, -0.2) is 17.0 Å². The summed E-state index contributed by atoms with van der Waals surface area (Å²) >= 11 is 2.06. The number of nitrogens with one attached hydrogen (secondary N) is 1. The van der Waals surface area contributed by atoms with Crippen LogP contribution in [-0.2, 0) is 0 Å². The van der Waals surface area contributed by atoms with Gasteiger partial charge in [0.2, 0.25) is 0 Å². The number of hydrazine groups is 1. The minimum Gasteiger partial charge on any atom is -0.271 e. The predicted molar refractivity (Wildman–Crippen MR) is 63.9 cm³/mol. The van der Waals surface area contributed by atoms with Crippen molar-refractivity contribution in [2.75, 3.05) is 5.75 Å². The van der Waals surface area contributed by atoms with Gasteiger partial charge in [-0.15, -0.1) is 11.8 Å². The average molecular weight is 212 g/mol. The highest BCUT2D eigenvalue weighted by Crippen LogP contribution is 2.29. The maximum atomic E-state index is 5.47. The highest BCUT2D eigenvalue weighted by molar-refractivity contribution is 7.99. The first-order valence-electron chi connectivity index (χ1n) is 5.34. The number of thioether (sulfide) groups is 1. The molecular weight excluding hydrogens is 192 g/mol. The lowest BCUT2D eigenvalue weighted by Crippen LogP contribution is -2.37. The Kier molecular flexibility index (Phi) is 6.09. The summed E-state index contributed by atoms with van der Waals surface area (Å²) in [5.74, 6) is 12.5. The van der Waals surface area contributed by atoms with E-state index in [4.69, 9.17) is 5.84 Å². The molecule has 3 N–H and O–H groups in total. The Bertz CT molecular complexity index is 201. The van der Waals surface area contributed by atoms with E-state index in [0.717, 1.165) is 17.4 Å². The maximum absolute atomic E-state index is 5.47. The zero-order valence-electron chi connectivity index (χ0n) is 8.88. The summed E-state index contributed by atoms with van der Waals surface area (Å²) in [6.45, 7) is 1.87. The van der Waals surface area contributed by atoms with Gasteiger partial charge < -0.3 is 0 Å². The number of hydrogen-bond donors (Lipinski definition) is 2. The molecule has 0 aromatic heterocycles. The van der Waals surface area contributed by atoms with Crippen LogP contribution >= 0.6 is 11.8 Å². The van der Waals surface area contributed by atoms with Crippen molar-refractivity contribution in [3.8, 4) is 11.8 Å². The van der Waals surface area contributed by atoms with Crippen LogP contribution in [0.15, 0.2) is 0 Å². The molecule has 1 aliphatic rings. The molecule has 1 aliphatic carbocycles. The molecule has 0 heterocycles.